The van der Waals surface area contributed by atoms with Crippen LogP contribution in [0.2, 0.25) is 0 Å². The summed E-state index contributed by atoms with van der Waals surface area (Å²) < 4.78 is 11.0. The molecule has 0 unspecified atom stereocenters. The van der Waals surface area contributed by atoms with E-state index in [4.69, 9.17) is 14.5 Å². The summed E-state index contributed by atoms with van der Waals surface area (Å²) in [6.07, 6.45) is 0. The number of hydrogen-bond acceptors (Lipinski definition) is 3. The van der Waals surface area contributed by atoms with Gasteiger partial charge in [-0.25, -0.2) is 4.98 Å². The predicted octanol–water partition coefficient (Wildman–Crippen LogP) is 4.27. The van der Waals surface area contributed by atoms with E-state index in [-0.39, 0.29) is 0 Å². The fourth-order valence-corrected chi connectivity index (χ4v) is 2.97. The molecule has 3 aromatic carbocycles. The van der Waals surface area contributed by atoms with Gasteiger partial charge < -0.3 is 9.47 Å². The second kappa shape index (κ2) is 3.85. The summed E-state index contributed by atoms with van der Waals surface area (Å²) >= 11 is 0. The van der Waals surface area contributed by atoms with Crippen molar-refractivity contribution in [2.45, 2.75) is 0 Å². The number of ether oxygens (including phenoxy) is 2. The van der Waals surface area contributed by atoms with Gasteiger partial charge >= 0.3 is 0 Å². The first-order valence-corrected chi connectivity index (χ1v) is 6.90. The number of benzene rings is 3. The lowest BCUT2D eigenvalue weighted by molar-refractivity contribution is 0.174. The van der Waals surface area contributed by atoms with E-state index in [1.165, 1.54) is 0 Å². The fourth-order valence-electron chi connectivity index (χ4n) is 2.97. The SMILES string of the molecule is c1ccc2nc3ccc4cc5c(cc4c3cc2c1)OCO5. The summed E-state index contributed by atoms with van der Waals surface area (Å²) in [5.74, 6) is 1.62. The molecule has 21 heavy (non-hydrogen) atoms. The molecule has 1 aromatic heterocycles. The van der Waals surface area contributed by atoms with Crippen molar-refractivity contribution in [2.75, 3.05) is 6.79 Å². The Morgan fingerprint density at radius 3 is 2.52 bits per heavy atom. The van der Waals surface area contributed by atoms with Gasteiger partial charge in [-0.15, -0.1) is 0 Å². The zero-order valence-corrected chi connectivity index (χ0v) is 11.2. The standard InChI is InChI=1S/C18H11NO2/c1-2-4-15-12(3-1)7-14-13-9-18-17(20-10-21-18)8-11(13)5-6-16(14)19-15/h1-9H,10H2. The number of aromatic nitrogens is 1. The first-order chi connectivity index (χ1) is 10.4. The van der Waals surface area contributed by atoms with E-state index in [2.05, 4.69) is 30.3 Å². The highest BCUT2D eigenvalue weighted by Crippen LogP contribution is 2.38. The van der Waals surface area contributed by atoms with Crippen LogP contribution in [-0.2, 0) is 0 Å². The molecule has 2 heterocycles. The first-order valence-electron chi connectivity index (χ1n) is 6.90. The number of pyridine rings is 1. The van der Waals surface area contributed by atoms with Crippen LogP contribution in [0.15, 0.2) is 54.6 Å². The molecule has 0 fully saturated rings. The van der Waals surface area contributed by atoms with Gasteiger partial charge in [-0.1, -0.05) is 24.3 Å². The van der Waals surface area contributed by atoms with Gasteiger partial charge in [-0.05, 0) is 41.1 Å². The Morgan fingerprint density at radius 2 is 1.57 bits per heavy atom. The van der Waals surface area contributed by atoms with Gasteiger partial charge in [0.15, 0.2) is 11.5 Å². The quantitative estimate of drug-likeness (QED) is 0.354. The van der Waals surface area contributed by atoms with Crippen molar-refractivity contribution in [1.82, 2.24) is 4.98 Å². The van der Waals surface area contributed by atoms with Crippen molar-refractivity contribution >= 4 is 32.6 Å². The smallest absolute Gasteiger partial charge is 0.231 e. The maximum absolute atomic E-state index is 5.50. The molecule has 5 rings (SSSR count). The van der Waals surface area contributed by atoms with Crippen LogP contribution in [0.25, 0.3) is 32.6 Å². The van der Waals surface area contributed by atoms with Gasteiger partial charge in [0.2, 0.25) is 6.79 Å². The van der Waals surface area contributed by atoms with Gasteiger partial charge in [0.1, 0.15) is 0 Å². The molecule has 3 nitrogen and oxygen atoms in total. The molecule has 0 saturated carbocycles. The number of rotatable bonds is 0. The van der Waals surface area contributed by atoms with Gasteiger partial charge in [-0.3, -0.25) is 0 Å². The van der Waals surface area contributed by atoms with E-state index in [9.17, 15) is 0 Å². The predicted molar refractivity (Wildman–Crippen MR) is 82.9 cm³/mol. The van der Waals surface area contributed by atoms with E-state index in [1.807, 2.05) is 24.3 Å². The number of nitrogens with zero attached hydrogens (tertiary/aromatic N) is 1. The lowest BCUT2D eigenvalue weighted by atomic mass is 10.0. The topological polar surface area (TPSA) is 31.4 Å². The van der Waals surface area contributed by atoms with Crippen LogP contribution in [-0.4, -0.2) is 11.8 Å². The van der Waals surface area contributed by atoms with Crippen molar-refractivity contribution in [1.29, 1.82) is 0 Å². The summed E-state index contributed by atoms with van der Waals surface area (Å²) in [4.78, 5) is 4.75. The highest BCUT2D eigenvalue weighted by atomic mass is 16.7. The zero-order valence-electron chi connectivity index (χ0n) is 11.2. The molecular formula is C18H11NO2. The third-order valence-electron chi connectivity index (χ3n) is 4.01. The molecule has 0 atom stereocenters. The molecule has 100 valence electrons. The Hall–Kier alpha value is -2.81. The molecule has 1 aliphatic heterocycles. The van der Waals surface area contributed by atoms with Crippen LogP contribution in [0.5, 0.6) is 11.5 Å². The van der Waals surface area contributed by atoms with E-state index in [0.29, 0.717) is 6.79 Å². The van der Waals surface area contributed by atoms with Crippen LogP contribution in [0.3, 0.4) is 0 Å². The molecular weight excluding hydrogens is 262 g/mol. The second-order valence-electron chi connectivity index (χ2n) is 5.24. The monoisotopic (exact) mass is 273 g/mol. The molecule has 0 bridgehead atoms. The lowest BCUT2D eigenvalue weighted by Gasteiger charge is -2.07. The summed E-state index contributed by atoms with van der Waals surface area (Å²) in [6.45, 7) is 0.296. The second-order valence-corrected chi connectivity index (χ2v) is 5.24. The first kappa shape index (κ1) is 10.9. The Morgan fingerprint density at radius 1 is 0.714 bits per heavy atom. The highest BCUT2D eigenvalue weighted by molar-refractivity contribution is 6.10. The minimum absolute atomic E-state index is 0.296. The Labute approximate surface area is 120 Å². The van der Waals surface area contributed by atoms with Crippen LogP contribution in [0.4, 0.5) is 0 Å². The molecule has 3 heteroatoms. The van der Waals surface area contributed by atoms with E-state index < -0.39 is 0 Å². The Balaban J connectivity index is 1.96. The molecule has 0 N–H and O–H groups in total. The molecule has 0 aliphatic carbocycles. The Kier molecular flexibility index (Phi) is 2.00. The molecule has 4 aromatic rings. The molecule has 0 radical (unpaired) electrons. The summed E-state index contributed by atoms with van der Waals surface area (Å²) in [5, 5.41) is 4.58. The van der Waals surface area contributed by atoms with Crippen molar-refractivity contribution in [3.63, 3.8) is 0 Å². The number of fused-ring (bicyclic) bond motifs is 5. The average molecular weight is 273 g/mol. The minimum Gasteiger partial charge on any atom is -0.454 e. The van der Waals surface area contributed by atoms with Gasteiger partial charge in [0.05, 0.1) is 11.0 Å². The highest BCUT2D eigenvalue weighted by Gasteiger charge is 2.15. The number of hydrogen-bond donors (Lipinski definition) is 0. The third kappa shape index (κ3) is 1.51. The Bertz CT molecular complexity index is 1020. The molecule has 0 spiro atoms. The summed E-state index contributed by atoms with van der Waals surface area (Å²) in [6, 6.07) is 18.6. The summed E-state index contributed by atoms with van der Waals surface area (Å²) in [7, 11) is 0. The number of para-hydroxylation sites is 1. The maximum atomic E-state index is 5.50. The van der Waals surface area contributed by atoms with Gasteiger partial charge in [-0.2, -0.15) is 0 Å². The largest absolute Gasteiger partial charge is 0.454 e. The van der Waals surface area contributed by atoms with E-state index in [0.717, 1.165) is 44.1 Å². The molecule has 1 aliphatic rings. The maximum Gasteiger partial charge on any atom is 0.231 e. The van der Waals surface area contributed by atoms with E-state index >= 15 is 0 Å². The average Bonchev–Trinajstić information content (AvgIpc) is 2.98. The third-order valence-corrected chi connectivity index (χ3v) is 4.01. The molecule has 0 amide bonds. The van der Waals surface area contributed by atoms with Crippen molar-refractivity contribution in [2.24, 2.45) is 0 Å². The van der Waals surface area contributed by atoms with Crippen molar-refractivity contribution < 1.29 is 9.47 Å². The van der Waals surface area contributed by atoms with Gasteiger partial charge in [0.25, 0.3) is 0 Å². The van der Waals surface area contributed by atoms with Crippen LogP contribution in [0.1, 0.15) is 0 Å². The summed E-state index contributed by atoms with van der Waals surface area (Å²) in [5.41, 5.74) is 2.02. The fraction of sp³-hybridized carbons (Fsp3) is 0.0556. The molecule has 0 saturated heterocycles. The van der Waals surface area contributed by atoms with Gasteiger partial charge in [0, 0.05) is 10.8 Å². The normalized spacial score (nSPS) is 13.3. The van der Waals surface area contributed by atoms with Crippen molar-refractivity contribution in [3.8, 4) is 11.5 Å². The van der Waals surface area contributed by atoms with E-state index in [1.54, 1.807) is 0 Å². The van der Waals surface area contributed by atoms with Crippen LogP contribution >= 0.6 is 0 Å². The van der Waals surface area contributed by atoms with Crippen LogP contribution in [0, 0.1) is 0 Å². The van der Waals surface area contributed by atoms with Crippen molar-refractivity contribution in [3.05, 3.63) is 54.6 Å². The minimum atomic E-state index is 0.296. The lowest BCUT2D eigenvalue weighted by Crippen LogP contribution is -1.92. The zero-order chi connectivity index (χ0) is 13.8. The van der Waals surface area contributed by atoms with Crippen LogP contribution < -0.4 is 9.47 Å².